The lowest BCUT2D eigenvalue weighted by molar-refractivity contribution is -0.252. The largest absolute Gasteiger partial charge is 0.397 e. The van der Waals surface area contributed by atoms with Gasteiger partial charge in [0.15, 0.2) is 6.29 Å². The number of aromatic nitrogens is 2. The normalized spacial score (nSPS) is 16.8. The monoisotopic (exact) mass is 751 g/mol. The van der Waals surface area contributed by atoms with E-state index in [1.165, 1.54) is 0 Å². The number of nitrogens with one attached hydrogen (secondary N) is 2. The molecule has 5 aromatic carbocycles. The molecule has 0 unspecified atom stereocenters. The summed E-state index contributed by atoms with van der Waals surface area (Å²) < 4.78 is 15.5. The lowest BCUT2D eigenvalue weighted by atomic mass is 9.98. The maximum atomic E-state index is 12.7. The molecular weight excluding hydrogens is 703 g/mol. The molecule has 1 aliphatic heterocycles. The highest BCUT2D eigenvalue weighted by Gasteiger charge is 2.33. The van der Waals surface area contributed by atoms with Crippen molar-refractivity contribution >= 4 is 34.2 Å². The van der Waals surface area contributed by atoms with Crippen LogP contribution in [0.4, 0.5) is 11.4 Å². The summed E-state index contributed by atoms with van der Waals surface area (Å²) in [6.07, 6.45) is 5.75. The van der Waals surface area contributed by atoms with Gasteiger partial charge in [0.05, 0.1) is 54.1 Å². The number of anilines is 2. The Bertz CT molecular complexity index is 2240. The van der Waals surface area contributed by atoms with Crippen molar-refractivity contribution in [2.75, 3.05) is 11.1 Å². The number of rotatable bonds is 16. The average molecular weight is 752 g/mol. The number of nitrogen functional groups attached to an aromatic ring is 1. The number of para-hydroxylation sites is 4. The minimum absolute atomic E-state index is 0.00874. The van der Waals surface area contributed by atoms with Crippen molar-refractivity contribution in [1.82, 2.24) is 14.9 Å². The Morgan fingerprint density at radius 3 is 2.29 bits per heavy atom. The molecule has 2 heterocycles. The van der Waals surface area contributed by atoms with Crippen LogP contribution >= 0.6 is 0 Å². The number of nitrogens with two attached hydrogens (primary N) is 1. The molecule has 288 valence electrons. The number of aliphatic hydroxyl groups is 1. The van der Waals surface area contributed by atoms with Crippen LogP contribution in [0.25, 0.3) is 22.2 Å². The third-order valence-electron chi connectivity index (χ3n) is 10.2. The predicted molar refractivity (Wildman–Crippen MR) is 219 cm³/mol. The zero-order valence-electron chi connectivity index (χ0n) is 31.5. The molecule has 56 heavy (non-hydrogen) atoms. The maximum absolute atomic E-state index is 12.7. The molecule has 0 aliphatic carbocycles. The van der Waals surface area contributed by atoms with E-state index in [4.69, 9.17) is 15.2 Å². The molecule has 0 saturated carbocycles. The molecule has 10 nitrogen and oxygen atoms in total. The Morgan fingerprint density at radius 1 is 0.750 bits per heavy atom. The van der Waals surface area contributed by atoms with Gasteiger partial charge < -0.3 is 35.5 Å². The fraction of sp³-hybridized carbons (Fsp3) is 0.283. The summed E-state index contributed by atoms with van der Waals surface area (Å²) in [5.74, 6) is -0.0373. The first-order valence-electron chi connectivity index (χ1n) is 19.4. The second-order valence-corrected chi connectivity index (χ2v) is 14.4. The summed E-state index contributed by atoms with van der Waals surface area (Å²) in [5, 5.41) is 15.5. The lowest BCUT2D eigenvalue weighted by Crippen LogP contribution is -2.32. The summed E-state index contributed by atoms with van der Waals surface area (Å²) >= 11 is 0. The van der Waals surface area contributed by atoms with Crippen LogP contribution in [-0.4, -0.2) is 32.6 Å². The summed E-state index contributed by atoms with van der Waals surface area (Å²) in [7, 11) is 0. The highest BCUT2D eigenvalue weighted by molar-refractivity contribution is 5.93. The van der Waals surface area contributed by atoms with Gasteiger partial charge in [-0.3, -0.25) is 9.59 Å². The summed E-state index contributed by atoms with van der Waals surface area (Å²) in [5.41, 5.74) is 15.0. The Kier molecular flexibility index (Phi) is 12.8. The molecule has 3 atom stereocenters. The first-order chi connectivity index (χ1) is 27.4. The number of imidazole rings is 1. The molecule has 0 spiro atoms. The number of ether oxygens (including phenoxy) is 2. The van der Waals surface area contributed by atoms with E-state index in [2.05, 4.69) is 50.5 Å². The van der Waals surface area contributed by atoms with Gasteiger partial charge in [-0.25, -0.2) is 4.98 Å². The van der Waals surface area contributed by atoms with Crippen molar-refractivity contribution in [3.63, 3.8) is 0 Å². The van der Waals surface area contributed by atoms with Crippen LogP contribution < -0.4 is 16.4 Å². The topological polar surface area (TPSA) is 141 Å². The quantitative estimate of drug-likeness (QED) is 0.0574. The molecule has 1 saturated heterocycles. The molecule has 0 radical (unpaired) electrons. The number of benzene rings is 5. The SMILES string of the molecule is Nc1ccccc1NC(=O)CCCCCCC(=O)NCc1cccc(-c2cccc([C@@H]3O[C@H](Cn4cnc5ccccc54)C[C@H](c4ccc(CO)cc4)O3)c2)c1. The first-order valence-corrected chi connectivity index (χ1v) is 19.4. The standard InChI is InChI=1S/C46H49N5O5/c47-39-15-5-6-16-40(39)50-45(54)20-4-2-1-3-19-44(53)48-28-33-11-9-12-35(25-33)36-13-10-14-37(26-36)46-55-38(29-51-31-49-41-17-7-8-18-42(41)51)27-43(56-46)34-23-21-32(30-52)22-24-34/h5-18,21-26,31,38,43,46,52H,1-4,19-20,27-30,47H2,(H,48,53)(H,50,54)/t38-,43+,46+/m0/s1. The van der Waals surface area contributed by atoms with Gasteiger partial charge in [-0.15, -0.1) is 0 Å². The summed E-state index contributed by atoms with van der Waals surface area (Å²) in [4.78, 5) is 29.5. The Morgan fingerprint density at radius 2 is 1.48 bits per heavy atom. The van der Waals surface area contributed by atoms with Crippen LogP contribution in [0.5, 0.6) is 0 Å². The Hall–Kier alpha value is -5.81. The van der Waals surface area contributed by atoms with E-state index in [1.54, 1.807) is 12.1 Å². The number of amides is 2. The average Bonchev–Trinajstić information content (AvgIpc) is 3.64. The number of fused-ring (bicyclic) bond motifs is 1. The molecule has 1 fully saturated rings. The predicted octanol–water partition coefficient (Wildman–Crippen LogP) is 8.62. The van der Waals surface area contributed by atoms with Crippen LogP contribution in [0.15, 0.2) is 128 Å². The molecular formula is C46H49N5O5. The van der Waals surface area contributed by atoms with E-state index in [9.17, 15) is 14.7 Å². The van der Waals surface area contributed by atoms with Gasteiger partial charge in [0.2, 0.25) is 11.8 Å². The molecule has 1 aliphatic rings. The van der Waals surface area contributed by atoms with Gasteiger partial charge in [0, 0.05) is 31.4 Å². The van der Waals surface area contributed by atoms with Gasteiger partial charge in [0.1, 0.15) is 0 Å². The third-order valence-corrected chi connectivity index (χ3v) is 10.2. The Labute approximate surface area is 327 Å². The number of hydrogen-bond donors (Lipinski definition) is 4. The van der Waals surface area contributed by atoms with Gasteiger partial charge in [-0.2, -0.15) is 0 Å². The number of carbonyl (C=O) groups excluding carboxylic acids is 2. The zero-order valence-corrected chi connectivity index (χ0v) is 31.5. The van der Waals surface area contributed by atoms with E-state index < -0.39 is 6.29 Å². The number of hydrogen-bond acceptors (Lipinski definition) is 7. The highest BCUT2D eigenvalue weighted by Crippen LogP contribution is 2.39. The number of carbonyl (C=O) groups is 2. The molecule has 7 rings (SSSR count). The molecule has 0 bridgehead atoms. The second-order valence-electron chi connectivity index (χ2n) is 14.4. The zero-order chi connectivity index (χ0) is 38.7. The van der Waals surface area contributed by atoms with E-state index in [-0.39, 0.29) is 30.6 Å². The molecule has 1 aromatic heterocycles. The third kappa shape index (κ3) is 10.1. The highest BCUT2D eigenvalue weighted by atomic mass is 16.7. The van der Waals surface area contributed by atoms with Gasteiger partial charge >= 0.3 is 0 Å². The smallest absolute Gasteiger partial charge is 0.224 e. The van der Waals surface area contributed by atoms with Gasteiger partial charge in [0.25, 0.3) is 0 Å². The first kappa shape index (κ1) is 38.5. The second kappa shape index (κ2) is 18.7. The van der Waals surface area contributed by atoms with Crippen LogP contribution in [0.1, 0.15) is 79.6 Å². The minimum Gasteiger partial charge on any atom is -0.397 e. The van der Waals surface area contributed by atoms with E-state index >= 15 is 0 Å². The summed E-state index contributed by atoms with van der Waals surface area (Å²) in [6.45, 7) is 1.06. The van der Waals surface area contributed by atoms with Crippen molar-refractivity contribution in [2.45, 2.75) is 83.1 Å². The molecule has 2 amide bonds. The van der Waals surface area contributed by atoms with E-state index in [0.717, 1.165) is 70.1 Å². The van der Waals surface area contributed by atoms with E-state index in [0.29, 0.717) is 43.7 Å². The van der Waals surface area contributed by atoms with Crippen molar-refractivity contribution in [3.05, 3.63) is 150 Å². The Balaban J connectivity index is 0.936. The fourth-order valence-electron chi connectivity index (χ4n) is 7.17. The molecule has 5 N–H and O–H groups in total. The number of unbranched alkanes of at least 4 members (excludes halogenated alkanes) is 3. The minimum atomic E-state index is -0.598. The summed E-state index contributed by atoms with van der Waals surface area (Å²) in [6, 6.07) is 39.7. The van der Waals surface area contributed by atoms with Crippen molar-refractivity contribution in [2.24, 2.45) is 0 Å². The lowest BCUT2D eigenvalue weighted by Gasteiger charge is -2.36. The maximum Gasteiger partial charge on any atom is 0.224 e. The van der Waals surface area contributed by atoms with Gasteiger partial charge in [-0.1, -0.05) is 97.8 Å². The van der Waals surface area contributed by atoms with Crippen molar-refractivity contribution in [3.8, 4) is 11.1 Å². The van der Waals surface area contributed by atoms with Crippen molar-refractivity contribution in [1.29, 1.82) is 0 Å². The van der Waals surface area contributed by atoms with E-state index in [1.807, 2.05) is 85.2 Å². The fourth-order valence-corrected chi connectivity index (χ4v) is 7.17. The van der Waals surface area contributed by atoms with Crippen LogP contribution in [0.3, 0.4) is 0 Å². The van der Waals surface area contributed by atoms with Crippen LogP contribution in [0.2, 0.25) is 0 Å². The number of aliphatic hydroxyl groups excluding tert-OH is 1. The number of nitrogens with zero attached hydrogens (tertiary/aromatic N) is 2. The molecule has 6 aromatic rings. The van der Waals surface area contributed by atoms with Crippen molar-refractivity contribution < 1.29 is 24.2 Å². The van der Waals surface area contributed by atoms with Crippen LogP contribution in [-0.2, 0) is 38.8 Å². The molecule has 10 heteroatoms. The van der Waals surface area contributed by atoms with Crippen LogP contribution in [0, 0.1) is 0 Å². The van der Waals surface area contributed by atoms with Gasteiger partial charge in [-0.05, 0) is 77.1 Å².